The van der Waals surface area contributed by atoms with Gasteiger partial charge in [-0.3, -0.25) is 4.79 Å². The van der Waals surface area contributed by atoms with Crippen LogP contribution in [0.3, 0.4) is 0 Å². The Labute approximate surface area is 158 Å². The van der Waals surface area contributed by atoms with Crippen molar-refractivity contribution >= 4 is 5.91 Å². The van der Waals surface area contributed by atoms with Crippen molar-refractivity contribution in [2.24, 2.45) is 0 Å². The third-order valence-corrected chi connectivity index (χ3v) is 4.22. The Kier molecular flexibility index (Phi) is 5.80. The van der Waals surface area contributed by atoms with E-state index in [1.165, 1.54) is 10.4 Å². The number of rotatable bonds is 7. The summed E-state index contributed by atoms with van der Waals surface area (Å²) in [7, 11) is 1.62. The SMILES string of the molecule is COc1ccc(CNC(=O)Cn2nnc(-c3ccc(C(C)C)cc3)n2)cc1. The lowest BCUT2D eigenvalue weighted by Crippen LogP contribution is -2.28. The van der Waals surface area contributed by atoms with Gasteiger partial charge >= 0.3 is 0 Å². The predicted molar refractivity (Wildman–Crippen MR) is 102 cm³/mol. The molecule has 0 unspecified atom stereocenters. The lowest BCUT2D eigenvalue weighted by atomic mass is 10.0. The van der Waals surface area contributed by atoms with E-state index >= 15 is 0 Å². The molecule has 1 aromatic heterocycles. The predicted octanol–water partition coefficient (Wildman–Crippen LogP) is 2.79. The average Bonchev–Trinajstić information content (AvgIpc) is 3.15. The van der Waals surface area contributed by atoms with E-state index in [4.69, 9.17) is 4.74 Å². The lowest BCUT2D eigenvalue weighted by molar-refractivity contribution is -0.122. The van der Waals surface area contributed by atoms with Gasteiger partial charge in [0.15, 0.2) is 0 Å². The molecule has 0 bridgehead atoms. The van der Waals surface area contributed by atoms with Crippen LogP contribution < -0.4 is 10.1 Å². The maximum absolute atomic E-state index is 12.1. The lowest BCUT2D eigenvalue weighted by Gasteiger charge is -2.06. The second-order valence-corrected chi connectivity index (χ2v) is 6.54. The summed E-state index contributed by atoms with van der Waals surface area (Å²) in [6.07, 6.45) is 0. The molecule has 2 aromatic carbocycles. The molecular weight excluding hydrogens is 342 g/mol. The number of benzene rings is 2. The summed E-state index contributed by atoms with van der Waals surface area (Å²) < 4.78 is 5.12. The highest BCUT2D eigenvalue weighted by Gasteiger charge is 2.10. The number of hydrogen-bond acceptors (Lipinski definition) is 5. The van der Waals surface area contributed by atoms with Gasteiger partial charge in [0.1, 0.15) is 12.3 Å². The van der Waals surface area contributed by atoms with Crippen LogP contribution in [0.1, 0.15) is 30.9 Å². The quantitative estimate of drug-likeness (QED) is 0.696. The normalized spacial score (nSPS) is 10.8. The van der Waals surface area contributed by atoms with Crippen LogP contribution in [0.15, 0.2) is 48.5 Å². The number of aromatic nitrogens is 4. The molecule has 0 fully saturated rings. The van der Waals surface area contributed by atoms with Crippen molar-refractivity contribution in [3.05, 3.63) is 59.7 Å². The molecule has 140 valence electrons. The molecule has 3 aromatic rings. The van der Waals surface area contributed by atoms with Crippen LogP contribution in [-0.4, -0.2) is 33.2 Å². The number of methoxy groups -OCH3 is 1. The molecule has 0 spiro atoms. The van der Waals surface area contributed by atoms with Crippen molar-refractivity contribution in [2.75, 3.05) is 7.11 Å². The molecule has 0 saturated heterocycles. The van der Waals surface area contributed by atoms with E-state index in [9.17, 15) is 4.79 Å². The van der Waals surface area contributed by atoms with Crippen molar-refractivity contribution in [1.82, 2.24) is 25.5 Å². The van der Waals surface area contributed by atoms with Gasteiger partial charge in [0.25, 0.3) is 0 Å². The van der Waals surface area contributed by atoms with Gasteiger partial charge in [0, 0.05) is 12.1 Å². The van der Waals surface area contributed by atoms with Crippen LogP contribution in [0.25, 0.3) is 11.4 Å². The van der Waals surface area contributed by atoms with E-state index in [1.807, 2.05) is 36.4 Å². The highest BCUT2D eigenvalue weighted by atomic mass is 16.5. The number of tetrazole rings is 1. The highest BCUT2D eigenvalue weighted by molar-refractivity contribution is 5.75. The number of carbonyl (C=O) groups is 1. The Morgan fingerprint density at radius 2 is 1.81 bits per heavy atom. The minimum absolute atomic E-state index is 0.0211. The second kappa shape index (κ2) is 8.44. The zero-order valence-electron chi connectivity index (χ0n) is 15.7. The Morgan fingerprint density at radius 1 is 1.11 bits per heavy atom. The molecular formula is C20H23N5O2. The molecule has 0 atom stereocenters. The summed E-state index contributed by atoms with van der Waals surface area (Å²) in [6, 6.07) is 15.6. The molecule has 0 saturated carbocycles. The van der Waals surface area contributed by atoms with Crippen LogP contribution in [0.4, 0.5) is 0 Å². The van der Waals surface area contributed by atoms with Crippen LogP contribution >= 0.6 is 0 Å². The van der Waals surface area contributed by atoms with E-state index in [-0.39, 0.29) is 12.5 Å². The fourth-order valence-corrected chi connectivity index (χ4v) is 2.57. The van der Waals surface area contributed by atoms with E-state index in [2.05, 4.69) is 46.7 Å². The summed E-state index contributed by atoms with van der Waals surface area (Å²) in [5, 5.41) is 15.1. The van der Waals surface area contributed by atoms with Gasteiger partial charge in [-0.15, -0.1) is 10.2 Å². The van der Waals surface area contributed by atoms with Crippen LogP contribution in [0.2, 0.25) is 0 Å². The largest absolute Gasteiger partial charge is 0.497 e. The smallest absolute Gasteiger partial charge is 0.243 e. The Hall–Kier alpha value is -3.22. The van der Waals surface area contributed by atoms with Crippen LogP contribution in [-0.2, 0) is 17.9 Å². The van der Waals surface area contributed by atoms with Gasteiger partial charge in [0.05, 0.1) is 7.11 Å². The first-order chi connectivity index (χ1) is 13.0. The Bertz CT molecular complexity index is 885. The van der Waals surface area contributed by atoms with Gasteiger partial charge in [0.2, 0.25) is 11.7 Å². The first-order valence-corrected chi connectivity index (χ1v) is 8.83. The van der Waals surface area contributed by atoms with E-state index < -0.39 is 0 Å². The highest BCUT2D eigenvalue weighted by Crippen LogP contribution is 2.19. The van der Waals surface area contributed by atoms with Crippen LogP contribution in [0, 0.1) is 0 Å². The average molecular weight is 365 g/mol. The molecule has 1 amide bonds. The number of carbonyl (C=O) groups excluding carboxylic acids is 1. The Balaban J connectivity index is 1.55. The molecule has 0 aliphatic rings. The topological polar surface area (TPSA) is 81.9 Å². The number of ether oxygens (including phenoxy) is 1. The minimum Gasteiger partial charge on any atom is -0.497 e. The molecule has 0 radical (unpaired) electrons. The Morgan fingerprint density at radius 3 is 2.44 bits per heavy atom. The summed E-state index contributed by atoms with van der Waals surface area (Å²) >= 11 is 0. The zero-order chi connectivity index (χ0) is 19.2. The first kappa shape index (κ1) is 18.6. The second-order valence-electron chi connectivity index (χ2n) is 6.54. The van der Waals surface area contributed by atoms with Gasteiger partial charge in [-0.1, -0.05) is 50.2 Å². The molecule has 0 aliphatic heterocycles. The molecule has 7 nitrogen and oxygen atoms in total. The van der Waals surface area contributed by atoms with E-state index in [1.54, 1.807) is 7.11 Å². The molecule has 3 rings (SSSR count). The number of nitrogens with one attached hydrogen (secondary N) is 1. The van der Waals surface area contributed by atoms with Gasteiger partial charge < -0.3 is 10.1 Å². The molecule has 7 heteroatoms. The summed E-state index contributed by atoms with van der Waals surface area (Å²) in [5.41, 5.74) is 3.12. The fourth-order valence-electron chi connectivity index (χ4n) is 2.57. The van der Waals surface area contributed by atoms with Crippen molar-refractivity contribution in [3.8, 4) is 17.1 Å². The number of amides is 1. The molecule has 0 aliphatic carbocycles. The van der Waals surface area contributed by atoms with Crippen LogP contribution in [0.5, 0.6) is 5.75 Å². The maximum Gasteiger partial charge on any atom is 0.243 e. The summed E-state index contributed by atoms with van der Waals surface area (Å²) in [6.45, 7) is 4.75. The van der Waals surface area contributed by atoms with E-state index in [0.717, 1.165) is 16.9 Å². The van der Waals surface area contributed by atoms with Crippen molar-refractivity contribution in [2.45, 2.75) is 32.9 Å². The number of hydrogen-bond donors (Lipinski definition) is 1. The van der Waals surface area contributed by atoms with Crippen molar-refractivity contribution in [1.29, 1.82) is 0 Å². The molecule has 1 heterocycles. The van der Waals surface area contributed by atoms with Gasteiger partial charge in [-0.05, 0) is 34.4 Å². The fraction of sp³-hybridized carbons (Fsp3) is 0.300. The third kappa shape index (κ3) is 4.91. The number of nitrogens with zero attached hydrogens (tertiary/aromatic N) is 4. The van der Waals surface area contributed by atoms with Gasteiger partial charge in [-0.2, -0.15) is 4.80 Å². The van der Waals surface area contributed by atoms with Crippen molar-refractivity contribution < 1.29 is 9.53 Å². The third-order valence-electron chi connectivity index (χ3n) is 4.22. The van der Waals surface area contributed by atoms with Crippen molar-refractivity contribution in [3.63, 3.8) is 0 Å². The standard InChI is InChI=1S/C20H23N5O2/c1-14(2)16-6-8-17(9-7-16)20-22-24-25(23-20)13-19(26)21-12-15-4-10-18(27-3)11-5-15/h4-11,14H,12-13H2,1-3H3,(H,21,26). The molecule has 1 N–H and O–H groups in total. The maximum atomic E-state index is 12.1. The first-order valence-electron chi connectivity index (χ1n) is 8.83. The summed E-state index contributed by atoms with van der Waals surface area (Å²) in [5.74, 6) is 1.58. The minimum atomic E-state index is -0.176. The molecule has 27 heavy (non-hydrogen) atoms. The van der Waals surface area contributed by atoms with E-state index in [0.29, 0.717) is 18.3 Å². The summed E-state index contributed by atoms with van der Waals surface area (Å²) in [4.78, 5) is 13.4. The van der Waals surface area contributed by atoms with Gasteiger partial charge in [-0.25, -0.2) is 0 Å². The zero-order valence-corrected chi connectivity index (χ0v) is 15.7. The monoisotopic (exact) mass is 365 g/mol.